The molecule has 166 valence electrons. The third-order valence-corrected chi connectivity index (χ3v) is 6.30. The molecule has 1 saturated heterocycles. The van der Waals surface area contributed by atoms with Crippen molar-refractivity contribution in [2.45, 2.75) is 12.8 Å². The van der Waals surface area contributed by atoms with E-state index in [1.165, 1.54) is 16.2 Å². The summed E-state index contributed by atoms with van der Waals surface area (Å²) in [6, 6.07) is 12.2. The van der Waals surface area contributed by atoms with Gasteiger partial charge in [0.05, 0.1) is 23.0 Å². The van der Waals surface area contributed by atoms with Gasteiger partial charge in [-0.05, 0) is 56.6 Å². The number of methoxy groups -OCH3 is 1. The van der Waals surface area contributed by atoms with Crippen LogP contribution in [0.2, 0.25) is 0 Å². The first kappa shape index (κ1) is 21.9. The van der Waals surface area contributed by atoms with Crippen molar-refractivity contribution in [3.8, 4) is 5.75 Å². The molecule has 0 bridgehead atoms. The fraction of sp³-hybridized carbons (Fsp3) is 0.304. The molecule has 0 radical (unpaired) electrons. The van der Waals surface area contributed by atoms with Gasteiger partial charge in [0.25, 0.3) is 5.91 Å². The van der Waals surface area contributed by atoms with Gasteiger partial charge in [0.2, 0.25) is 11.8 Å². The molecule has 2 aromatic carbocycles. The van der Waals surface area contributed by atoms with E-state index in [0.29, 0.717) is 29.5 Å². The van der Waals surface area contributed by atoms with E-state index in [-0.39, 0.29) is 30.6 Å². The van der Waals surface area contributed by atoms with Crippen LogP contribution in [-0.2, 0) is 9.59 Å². The van der Waals surface area contributed by atoms with Crippen molar-refractivity contribution in [3.05, 3.63) is 48.0 Å². The molecule has 0 unspecified atom stereocenters. The summed E-state index contributed by atoms with van der Waals surface area (Å²) in [6.45, 7) is 1.13. The first-order valence-electron chi connectivity index (χ1n) is 10.2. The summed E-state index contributed by atoms with van der Waals surface area (Å²) in [5.74, 6) is 0.113. The number of anilines is 2. The number of ether oxygens (including phenoxy) is 1. The molecule has 8 nitrogen and oxygen atoms in total. The minimum atomic E-state index is -0.216. The van der Waals surface area contributed by atoms with Crippen LogP contribution < -0.4 is 14.5 Å². The summed E-state index contributed by atoms with van der Waals surface area (Å²) in [5.41, 5.74) is 1.75. The van der Waals surface area contributed by atoms with Crippen LogP contribution in [0.1, 0.15) is 23.2 Å². The number of hydrogen-bond donors (Lipinski definition) is 0. The van der Waals surface area contributed by atoms with Gasteiger partial charge < -0.3 is 9.64 Å². The van der Waals surface area contributed by atoms with Crippen LogP contribution in [-0.4, -0.2) is 61.9 Å². The lowest BCUT2D eigenvalue weighted by Gasteiger charge is -2.22. The molecule has 1 aromatic heterocycles. The van der Waals surface area contributed by atoms with Crippen LogP contribution >= 0.6 is 11.3 Å². The van der Waals surface area contributed by atoms with Gasteiger partial charge in [-0.1, -0.05) is 11.3 Å². The summed E-state index contributed by atoms with van der Waals surface area (Å²) in [5, 5.41) is 0.606. The van der Waals surface area contributed by atoms with Gasteiger partial charge in [-0.25, -0.2) is 4.98 Å². The second-order valence-corrected chi connectivity index (χ2v) is 8.77. The number of carbonyl (C=O) groups excluding carboxylic acids is 3. The summed E-state index contributed by atoms with van der Waals surface area (Å²) < 4.78 is 6.23. The number of aromatic nitrogens is 1. The van der Waals surface area contributed by atoms with Crippen molar-refractivity contribution in [1.29, 1.82) is 0 Å². The van der Waals surface area contributed by atoms with Crippen molar-refractivity contribution < 1.29 is 19.1 Å². The van der Waals surface area contributed by atoms with E-state index in [2.05, 4.69) is 4.98 Å². The van der Waals surface area contributed by atoms with E-state index in [0.717, 1.165) is 16.0 Å². The maximum atomic E-state index is 13.4. The van der Waals surface area contributed by atoms with Gasteiger partial charge in [0, 0.05) is 31.5 Å². The smallest absolute Gasteiger partial charge is 0.260 e. The molecule has 0 N–H and O–H groups in total. The first-order valence-corrected chi connectivity index (χ1v) is 11.1. The molecule has 1 aliphatic rings. The van der Waals surface area contributed by atoms with Crippen LogP contribution in [0.3, 0.4) is 0 Å². The molecule has 1 fully saturated rings. The summed E-state index contributed by atoms with van der Waals surface area (Å²) >= 11 is 1.43. The molecular weight excluding hydrogens is 428 g/mol. The Bertz CT molecular complexity index is 1160. The average molecular weight is 453 g/mol. The second-order valence-electron chi connectivity index (χ2n) is 7.76. The minimum absolute atomic E-state index is 0.191. The highest BCUT2D eigenvalue weighted by Crippen LogP contribution is 2.32. The van der Waals surface area contributed by atoms with Crippen molar-refractivity contribution in [3.63, 3.8) is 0 Å². The van der Waals surface area contributed by atoms with Crippen LogP contribution in [0.4, 0.5) is 10.8 Å². The molecule has 3 amide bonds. The van der Waals surface area contributed by atoms with Crippen molar-refractivity contribution in [2.24, 2.45) is 0 Å². The van der Waals surface area contributed by atoms with E-state index in [1.54, 1.807) is 36.3 Å². The second kappa shape index (κ2) is 9.05. The monoisotopic (exact) mass is 452 g/mol. The summed E-state index contributed by atoms with van der Waals surface area (Å²) in [4.78, 5) is 46.9. The third kappa shape index (κ3) is 4.35. The fourth-order valence-corrected chi connectivity index (χ4v) is 4.51. The highest BCUT2D eigenvalue weighted by molar-refractivity contribution is 7.22. The molecule has 0 saturated carbocycles. The normalized spacial score (nSPS) is 13.9. The molecule has 0 atom stereocenters. The zero-order chi connectivity index (χ0) is 22.8. The Hall–Kier alpha value is -3.30. The Morgan fingerprint density at radius 3 is 2.38 bits per heavy atom. The zero-order valence-corrected chi connectivity index (χ0v) is 19.0. The summed E-state index contributed by atoms with van der Waals surface area (Å²) in [6.07, 6.45) is 0.445. The number of carbonyl (C=O) groups is 3. The predicted octanol–water partition coefficient (Wildman–Crippen LogP) is 3.17. The van der Waals surface area contributed by atoms with Crippen LogP contribution in [0, 0.1) is 0 Å². The van der Waals surface area contributed by atoms with Gasteiger partial charge in [-0.3, -0.25) is 24.2 Å². The topological polar surface area (TPSA) is 83.1 Å². The molecule has 9 heteroatoms. The van der Waals surface area contributed by atoms with E-state index < -0.39 is 0 Å². The largest absolute Gasteiger partial charge is 0.497 e. The van der Waals surface area contributed by atoms with Crippen LogP contribution in [0.15, 0.2) is 42.5 Å². The van der Waals surface area contributed by atoms with E-state index in [1.807, 2.05) is 37.2 Å². The Kier molecular flexibility index (Phi) is 6.20. The first-order chi connectivity index (χ1) is 15.4. The van der Waals surface area contributed by atoms with Crippen molar-refractivity contribution >= 4 is 50.1 Å². The van der Waals surface area contributed by atoms with Gasteiger partial charge in [0.15, 0.2) is 5.13 Å². The maximum absolute atomic E-state index is 13.4. The number of fused-ring (bicyclic) bond motifs is 1. The predicted molar refractivity (Wildman–Crippen MR) is 125 cm³/mol. The number of nitrogens with zero attached hydrogens (tertiary/aromatic N) is 4. The Balaban J connectivity index is 1.63. The van der Waals surface area contributed by atoms with Gasteiger partial charge in [0.1, 0.15) is 5.75 Å². The van der Waals surface area contributed by atoms with Crippen LogP contribution in [0.25, 0.3) is 10.2 Å². The fourth-order valence-electron chi connectivity index (χ4n) is 3.49. The van der Waals surface area contributed by atoms with Crippen molar-refractivity contribution in [2.75, 3.05) is 44.1 Å². The lowest BCUT2D eigenvalue weighted by atomic mass is 10.1. The average Bonchev–Trinajstić information content (AvgIpc) is 3.35. The number of thiazole rings is 1. The van der Waals surface area contributed by atoms with Gasteiger partial charge in [-0.15, -0.1) is 0 Å². The SMILES string of the molecule is COc1ccc2nc(N(CCN(C)C)C(=O)c3ccc(N4C(=O)CCC4=O)cc3)sc2c1. The molecule has 0 aliphatic carbocycles. The van der Waals surface area contributed by atoms with E-state index >= 15 is 0 Å². The molecule has 1 aliphatic heterocycles. The minimum Gasteiger partial charge on any atom is -0.497 e. The molecular formula is C23H24N4O4S. The van der Waals surface area contributed by atoms with E-state index in [4.69, 9.17) is 4.74 Å². The number of benzene rings is 2. The molecule has 4 rings (SSSR count). The number of hydrogen-bond acceptors (Lipinski definition) is 7. The van der Waals surface area contributed by atoms with Gasteiger partial charge in [-0.2, -0.15) is 0 Å². The number of amides is 3. The quantitative estimate of drug-likeness (QED) is 0.512. The molecule has 32 heavy (non-hydrogen) atoms. The molecule has 3 aromatic rings. The van der Waals surface area contributed by atoms with Crippen LogP contribution in [0.5, 0.6) is 5.75 Å². The van der Waals surface area contributed by atoms with E-state index in [9.17, 15) is 14.4 Å². The number of likely N-dealkylation sites (N-methyl/N-ethyl adjacent to an activating group) is 1. The van der Waals surface area contributed by atoms with Gasteiger partial charge >= 0.3 is 0 Å². The number of rotatable bonds is 7. The standard InChI is InChI=1S/C23H24N4O4S/c1-25(2)12-13-26(23-24-18-9-8-17(31-3)14-19(18)32-23)22(30)15-4-6-16(7-5-15)27-20(28)10-11-21(27)29/h4-9,14H,10-13H2,1-3H3. The number of imide groups is 1. The maximum Gasteiger partial charge on any atom is 0.260 e. The molecule has 2 heterocycles. The van der Waals surface area contributed by atoms with Crippen molar-refractivity contribution in [1.82, 2.24) is 9.88 Å². The summed E-state index contributed by atoms with van der Waals surface area (Å²) in [7, 11) is 5.51. The Morgan fingerprint density at radius 2 is 1.75 bits per heavy atom. The lowest BCUT2D eigenvalue weighted by Crippen LogP contribution is -2.36. The Morgan fingerprint density at radius 1 is 1.06 bits per heavy atom. The third-order valence-electron chi connectivity index (χ3n) is 5.26. The highest BCUT2D eigenvalue weighted by Gasteiger charge is 2.30. The Labute approximate surface area is 190 Å². The highest BCUT2D eigenvalue weighted by atomic mass is 32.1. The lowest BCUT2D eigenvalue weighted by molar-refractivity contribution is -0.121. The zero-order valence-electron chi connectivity index (χ0n) is 18.2. The molecule has 0 spiro atoms.